The molecule has 0 radical (unpaired) electrons. The van der Waals surface area contributed by atoms with Crippen LogP contribution in [0.4, 0.5) is 4.39 Å². The fourth-order valence-corrected chi connectivity index (χ4v) is 2.34. The molecule has 2 aromatic carbocycles. The molecule has 2 nitrogen and oxygen atoms in total. The first kappa shape index (κ1) is 13.7. The summed E-state index contributed by atoms with van der Waals surface area (Å²) in [5.74, 6) is 0.269. The van der Waals surface area contributed by atoms with E-state index in [0.717, 1.165) is 11.1 Å². The molecule has 0 unspecified atom stereocenters. The van der Waals surface area contributed by atoms with Crippen LogP contribution in [-0.2, 0) is 0 Å². The van der Waals surface area contributed by atoms with Crippen LogP contribution in [0.15, 0.2) is 54.6 Å². The van der Waals surface area contributed by atoms with Gasteiger partial charge in [-0.25, -0.2) is 14.4 Å². The smallest absolute Gasteiger partial charge is 0.161 e. The summed E-state index contributed by atoms with van der Waals surface area (Å²) in [7, 11) is 0. The monoisotopic (exact) mass is 298 g/mol. The molecule has 0 atom stereocenters. The Labute approximate surface area is 127 Å². The van der Waals surface area contributed by atoms with E-state index >= 15 is 0 Å². The van der Waals surface area contributed by atoms with Crippen LogP contribution in [0.2, 0.25) is 5.15 Å². The van der Waals surface area contributed by atoms with E-state index in [4.69, 9.17) is 11.6 Å². The number of halogens is 2. The lowest BCUT2D eigenvalue weighted by Crippen LogP contribution is -1.95. The van der Waals surface area contributed by atoms with Gasteiger partial charge in [0, 0.05) is 17.2 Å². The largest absolute Gasteiger partial charge is 0.228 e. The van der Waals surface area contributed by atoms with Crippen molar-refractivity contribution in [2.24, 2.45) is 0 Å². The number of hydrogen-bond acceptors (Lipinski definition) is 2. The highest BCUT2D eigenvalue weighted by atomic mass is 35.5. The topological polar surface area (TPSA) is 25.8 Å². The van der Waals surface area contributed by atoms with E-state index < -0.39 is 0 Å². The predicted octanol–water partition coefficient (Wildman–Crippen LogP) is 4.91. The van der Waals surface area contributed by atoms with Crippen LogP contribution in [0.3, 0.4) is 0 Å². The second kappa shape index (κ2) is 5.62. The van der Waals surface area contributed by atoms with Crippen LogP contribution < -0.4 is 0 Å². The van der Waals surface area contributed by atoms with E-state index in [1.54, 1.807) is 19.1 Å². The van der Waals surface area contributed by atoms with Gasteiger partial charge in [0.2, 0.25) is 0 Å². The predicted molar refractivity (Wildman–Crippen MR) is 82.6 cm³/mol. The molecule has 4 heteroatoms. The van der Waals surface area contributed by atoms with Gasteiger partial charge in [0.15, 0.2) is 5.82 Å². The molecule has 0 saturated heterocycles. The van der Waals surface area contributed by atoms with Gasteiger partial charge in [-0.3, -0.25) is 0 Å². The van der Waals surface area contributed by atoms with Crippen molar-refractivity contribution in [2.45, 2.75) is 6.92 Å². The second-order valence-corrected chi connectivity index (χ2v) is 5.07. The lowest BCUT2D eigenvalue weighted by molar-refractivity contribution is 0.619. The van der Waals surface area contributed by atoms with Crippen LogP contribution in [-0.4, -0.2) is 9.97 Å². The molecule has 3 rings (SSSR count). The van der Waals surface area contributed by atoms with E-state index in [2.05, 4.69) is 9.97 Å². The van der Waals surface area contributed by atoms with Crippen molar-refractivity contribution in [3.05, 3.63) is 71.1 Å². The molecule has 3 aromatic rings. The lowest BCUT2D eigenvalue weighted by atomic mass is 10.0. The molecule has 0 aliphatic heterocycles. The van der Waals surface area contributed by atoms with Gasteiger partial charge >= 0.3 is 0 Å². The number of nitrogens with zero attached hydrogens (tertiary/aromatic N) is 2. The van der Waals surface area contributed by atoms with Crippen molar-refractivity contribution in [1.29, 1.82) is 0 Å². The first-order valence-electron chi connectivity index (χ1n) is 6.50. The summed E-state index contributed by atoms with van der Waals surface area (Å²) in [4.78, 5) is 8.76. The molecule has 0 bridgehead atoms. The number of rotatable bonds is 2. The average Bonchev–Trinajstić information content (AvgIpc) is 2.50. The number of aromatic nitrogens is 2. The Morgan fingerprint density at radius 2 is 1.71 bits per heavy atom. The fourth-order valence-electron chi connectivity index (χ4n) is 2.16. The third kappa shape index (κ3) is 2.78. The van der Waals surface area contributed by atoms with Crippen LogP contribution in [0, 0.1) is 12.7 Å². The molecule has 1 heterocycles. The van der Waals surface area contributed by atoms with Crippen molar-refractivity contribution in [3.63, 3.8) is 0 Å². The zero-order chi connectivity index (χ0) is 14.8. The van der Waals surface area contributed by atoms with E-state index in [0.29, 0.717) is 22.2 Å². The Bertz CT molecular complexity index is 788. The molecule has 21 heavy (non-hydrogen) atoms. The minimum atomic E-state index is -0.261. The molecule has 0 spiro atoms. The van der Waals surface area contributed by atoms with Crippen molar-refractivity contribution in [2.75, 3.05) is 0 Å². The quantitative estimate of drug-likeness (QED) is 0.628. The van der Waals surface area contributed by atoms with Crippen molar-refractivity contribution in [3.8, 4) is 22.6 Å². The molecule has 0 fully saturated rings. The summed E-state index contributed by atoms with van der Waals surface area (Å²) >= 11 is 6.10. The Morgan fingerprint density at radius 1 is 0.952 bits per heavy atom. The number of benzene rings is 2. The van der Waals surface area contributed by atoms with Crippen LogP contribution in [0.1, 0.15) is 5.56 Å². The Morgan fingerprint density at radius 3 is 2.48 bits per heavy atom. The van der Waals surface area contributed by atoms with Gasteiger partial charge in [-0.15, -0.1) is 0 Å². The number of hydrogen-bond donors (Lipinski definition) is 0. The van der Waals surface area contributed by atoms with Crippen molar-refractivity contribution < 1.29 is 4.39 Å². The van der Waals surface area contributed by atoms with Gasteiger partial charge in [0.05, 0.1) is 5.69 Å². The molecular weight excluding hydrogens is 287 g/mol. The van der Waals surface area contributed by atoms with Crippen LogP contribution >= 0.6 is 11.6 Å². The maximum absolute atomic E-state index is 13.7. The van der Waals surface area contributed by atoms with Gasteiger partial charge in [-0.2, -0.15) is 0 Å². The fraction of sp³-hybridized carbons (Fsp3) is 0.0588. The van der Waals surface area contributed by atoms with Crippen LogP contribution in [0.5, 0.6) is 0 Å². The van der Waals surface area contributed by atoms with Crippen molar-refractivity contribution in [1.82, 2.24) is 9.97 Å². The molecule has 0 N–H and O–H groups in total. The third-order valence-electron chi connectivity index (χ3n) is 3.27. The van der Waals surface area contributed by atoms with Crippen LogP contribution in [0.25, 0.3) is 22.6 Å². The summed E-state index contributed by atoms with van der Waals surface area (Å²) in [6.07, 6.45) is 0. The van der Waals surface area contributed by atoms with Gasteiger partial charge in [0.25, 0.3) is 0 Å². The minimum absolute atomic E-state index is 0.261. The summed E-state index contributed by atoms with van der Waals surface area (Å²) in [5, 5.41) is 0.336. The maximum Gasteiger partial charge on any atom is 0.161 e. The summed E-state index contributed by atoms with van der Waals surface area (Å²) in [6.45, 7) is 1.73. The van der Waals surface area contributed by atoms with E-state index in [1.165, 1.54) is 6.07 Å². The van der Waals surface area contributed by atoms with Gasteiger partial charge in [-0.1, -0.05) is 54.1 Å². The van der Waals surface area contributed by atoms with E-state index in [1.807, 2.05) is 36.4 Å². The highest BCUT2D eigenvalue weighted by Crippen LogP contribution is 2.27. The summed E-state index contributed by atoms with van der Waals surface area (Å²) in [5.41, 5.74) is 2.75. The molecule has 0 aliphatic carbocycles. The van der Waals surface area contributed by atoms with Crippen molar-refractivity contribution >= 4 is 11.6 Å². The van der Waals surface area contributed by atoms with Gasteiger partial charge in [-0.05, 0) is 18.6 Å². The normalized spacial score (nSPS) is 10.6. The van der Waals surface area contributed by atoms with E-state index in [-0.39, 0.29) is 5.82 Å². The molecular formula is C17H12ClFN2. The van der Waals surface area contributed by atoms with Gasteiger partial charge in [0.1, 0.15) is 11.0 Å². The SMILES string of the molecule is Cc1c(F)cccc1-c1cc(Cl)nc(-c2ccccc2)n1. The molecule has 0 amide bonds. The maximum atomic E-state index is 13.7. The molecule has 0 aliphatic rings. The first-order valence-corrected chi connectivity index (χ1v) is 6.88. The molecule has 104 valence electrons. The molecule has 0 saturated carbocycles. The first-order chi connectivity index (χ1) is 10.1. The highest BCUT2D eigenvalue weighted by molar-refractivity contribution is 6.29. The third-order valence-corrected chi connectivity index (χ3v) is 3.46. The standard InChI is InChI=1S/C17H12ClFN2/c1-11-13(8-5-9-14(11)19)15-10-16(18)21-17(20-15)12-6-3-2-4-7-12/h2-10H,1H3. The average molecular weight is 299 g/mol. The zero-order valence-electron chi connectivity index (χ0n) is 11.3. The summed E-state index contributed by atoms with van der Waals surface area (Å²) < 4.78 is 13.7. The summed E-state index contributed by atoms with van der Waals surface area (Å²) in [6, 6.07) is 16.1. The van der Waals surface area contributed by atoms with E-state index in [9.17, 15) is 4.39 Å². The Kier molecular flexibility index (Phi) is 3.67. The van der Waals surface area contributed by atoms with Gasteiger partial charge < -0.3 is 0 Å². The minimum Gasteiger partial charge on any atom is -0.228 e. The lowest BCUT2D eigenvalue weighted by Gasteiger charge is -2.08. The Hall–Kier alpha value is -2.26. The molecule has 1 aromatic heterocycles. The zero-order valence-corrected chi connectivity index (χ0v) is 12.1. The highest BCUT2D eigenvalue weighted by Gasteiger charge is 2.11. The second-order valence-electron chi connectivity index (χ2n) is 4.68. The Balaban J connectivity index is 2.17.